The number of halogens is 1. The summed E-state index contributed by atoms with van der Waals surface area (Å²) in [4.78, 5) is 11.5. The van der Waals surface area contributed by atoms with Crippen LogP contribution in [0.1, 0.15) is 6.42 Å². The molecule has 0 bridgehead atoms. The lowest BCUT2D eigenvalue weighted by molar-refractivity contribution is 0.191. The Balaban J connectivity index is 2.27. The Morgan fingerprint density at radius 1 is 1.63 bits per heavy atom. The molecule has 0 aromatic carbocycles. The fourth-order valence-corrected chi connectivity index (χ4v) is 2.38. The molecule has 1 aliphatic heterocycles. The van der Waals surface area contributed by atoms with E-state index in [1.807, 2.05) is 19.0 Å². The van der Waals surface area contributed by atoms with Crippen molar-refractivity contribution in [1.29, 1.82) is 0 Å². The molecule has 1 saturated heterocycles. The highest BCUT2D eigenvalue weighted by Gasteiger charge is 2.33. The molecule has 106 valence electrons. The lowest BCUT2D eigenvalue weighted by Gasteiger charge is -2.27. The van der Waals surface area contributed by atoms with Crippen molar-refractivity contribution in [3.05, 3.63) is 12.0 Å². The van der Waals surface area contributed by atoms with E-state index in [9.17, 15) is 9.50 Å². The van der Waals surface area contributed by atoms with E-state index in [1.54, 1.807) is 4.90 Å². The van der Waals surface area contributed by atoms with Gasteiger partial charge in [0, 0.05) is 19.1 Å². The Morgan fingerprint density at radius 3 is 3.00 bits per heavy atom. The van der Waals surface area contributed by atoms with Gasteiger partial charge < -0.3 is 14.9 Å². The summed E-state index contributed by atoms with van der Waals surface area (Å²) in [6.07, 6.45) is 1.19. The molecule has 2 atom stereocenters. The Labute approximate surface area is 111 Å². The van der Waals surface area contributed by atoms with Gasteiger partial charge >= 0.3 is 0 Å². The number of β-amino-alcohol motifs (C(OH)–C–C–N with tert-alkyl or cyclic N) is 1. The van der Waals surface area contributed by atoms with Gasteiger partial charge in [0.15, 0.2) is 11.6 Å². The van der Waals surface area contributed by atoms with Crippen molar-refractivity contribution in [2.24, 2.45) is 5.84 Å². The van der Waals surface area contributed by atoms with Gasteiger partial charge in [-0.2, -0.15) is 4.98 Å². The number of aromatic nitrogens is 2. The zero-order valence-corrected chi connectivity index (χ0v) is 11.0. The van der Waals surface area contributed by atoms with E-state index in [2.05, 4.69) is 15.4 Å². The average Bonchev–Trinajstić information content (AvgIpc) is 2.70. The summed E-state index contributed by atoms with van der Waals surface area (Å²) in [7, 11) is 3.87. The molecule has 0 amide bonds. The lowest BCUT2D eigenvalue weighted by atomic mass is 10.2. The van der Waals surface area contributed by atoms with Crippen LogP contribution in [0.15, 0.2) is 6.20 Å². The summed E-state index contributed by atoms with van der Waals surface area (Å²) < 4.78 is 13.9. The predicted molar refractivity (Wildman–Crippen MR) is 70.1 cm³/mol. The van der Waals surface area contributed by atoms with Gasteiger partial charge in [-0.25, -0.2) is 15.2 Å². The number of nitrogens with zero attached hydrogens (tertiary/aromatic N) is 4. The quantitative estimate of drug-likeness (QED) is 0.497. The Hall–Kier alpha value is -1.51. The number of rotatable bonds is 4. The fraction of sp³-hybridized carbons (Fsp3) is 0.636. The number of nitrogens with two attached hydrogens (primary N) is 1. The van der Waals surface area contributed by atoms with Gasteiger partial charge in [0.2, 0.25) is 5.95 Å². The highest BCUT2D eigenvalue weighted by atomic mass is 19.1. The first-order valence-electron chi connectivity index (χ1n) is 6.10. The van der Waals surface area contributed by atoms with E-state index in [-0.39, 0.29) is 17.8 Å². The number of nitrogens with one attached hydrogen (secondary N) is 1. The topological polar surface area (TPSA) is 90.5 Å². The molecule has 2 heterocycles. The van der Waals surface area contributed by atoms with Crippen LogP contribution < -0.4 is 16.2 Å². The van der Waals surface area contributed by atoms with Gasteiger partial charge in [0.1, 0.15) is 0 Å². The fourth-order valence-electron chi connectivity index (χ4n) is 2.38. The number of hydrazine groups is 1. The molecule has 2 unspecified atom stereocenters. The SMILES string of the molecule is CN(C)CC1CC(O)CN1c1nc(NN)ncc1F. The van der Waals surface area contributed by atoms with Crippen LogP contribution in [0.3, 0.4) is 0 Å². The Morgan fingerprint density at radius 2 is 2.37 bits per heavy atom. The van der Waals surface area contributed by atoms with Gasteiger partial charge in [-0.3, -0.25) is 5.43 Å². The first kappa shape index (κ1) is 13.9. The first-order chi connectivity index (χ1) is 9.01. The van der Waals surface area contributed by atoms with Crippen LogP contribution in [0.2, 0.25) is 0 Å². The molecule has 0 spiro atoms. The number of hydrogen-bond donors (Lipinski definition) is 3. The minimum atomic E-state index is -0.517. The molecule has 8 heteroatoms. The van der Waals surface area contributed by atoms with Gasteiger partial charge in [-0.1, -0.05) is 0 Å². The average molecular weight is 270 g/mol. The summed E-state index contributed by atoms with van der Waals surface area (Å²) >= 11 is 0. The van der Waals surface area contributed by atoms with Crippen LogP contribution in [0, 0.1) is 5.82 Å². The number of anilines is 2. The highest BCUT2D eigenvalue weighted by Crippen LogP contribution is 2.27. The zero-order chi connectivity index (χ0) is 14.0. The third-order valence-electron chi connectivity index (χ3n) is 3.10. The maximum absolute atomic E-state index is 13.9. The summed E-state index contributed by atoms with van der Waals surface area (Å²) in [5, 5.41) is 9.80. The number of aliphatic hydroxyl groups is 1. The third-order valence-corrected chi connectivity index (χ3v) is 3.10. The van der Waals surface area contributed by atoms with Crippen molar-refractivity contribution in [1.82, 2.24) is 14.9 Å². The molecule has 0 aliphatic carbocycles. The van der Waals surface area contributed by atoms with E-state index in [1.165, 1.54) is 0 Å². The molecular formula is C11H19FN6O. The van der Waals surface area contributed by atoms with E-state index >= 15 is 0 Å². The van der Waals surface area contributed by atoms with Crippen LogP contribution >= 0.6 is 0 Å². The number of nitrogen functional groups attached to an aromatic ring is 1. The van der Waals surface area contributed by atoms with Crippen molar-refractivity contribution in [3.8, 4) is 0 Å². The maximum Gasteiger partial charge on any atom is 0.239 e. The van der Waals surface area contributed by atoms with Crippen LogP contribution in [0.25, 0.3) is 0 Å². The minimum Gasteiger partial charge on any atom is -0.391 e. The molecule has 1 aromatic heterocycles. The van der Waals surface area contributed by atoms with Crippen LogP contribution in [0.5, 0.6) is 0 Å². The second-order valence-corrected chi connectivity index (χ2v) is 4.97. The van der Waals surface area contributed by atoms with E-state index in [4.69, 9.17) is 5.84 Å². The van der Waals surface area contributed by atoms with Gasteiger partial charge in [-0.05, 0) is 20.5 Å². The van der Waals surface area contributed by atoms with Crippen molar-refractivity contribution in [3.63, 3.8) is 0 Å². The molecule has 7 nitrogen and oxygen atoms in total. The first-order valence-corrected chi connectivity index (χ1v) is 6.10. The van der Waals surface area contributed by atoms with Crippen molar-refractivity contribution < 1.29 is 9.50 Å². The van der Waals surface area contributed by atoms with Crippen molar-refractivity contribution in [2.45, 2.75) is 18.6 Å². The molecule has 0 saturated carbocycles. The molecule has 4 N–H and O–H groups in total. The standard InChI is InChI=1S/C11H19FN6O/c1-17(2)5-7-3-8(19)6-18(7)10-9(12)4-14-11(15-10)16-13/h4,7-8,19H,3,5-6,13H2,1-2H3,(H,14,15,16). The monoisotopic (exact) mass is 270 g/mol. The third kappa shape index (κ3) is 3.09. The highest BCUT2D eigenvalue weighted by molar-refractivity contribution is 5.46. The van der Waals surface area contributed by atoms with Crippen molar-refractivity contribution >= 4 is 11.8 Å². The predicted octanol–water partition coefficient (Wildman–Crippen LogP) is -0.597. The molecule has 1 fully saturated rings. The second kappa shape index (κ2) is 5.64. The number of hydrogen-bond acceptors (Lipinski definition) is 7. The Bertz CT molecular complexity index is 443. The molecule has 2 rings (SSSR count). The van der Waals surface area contributed by atoms with E-state index in [0.29, 0.717) is 19.5 Å². The summed E-state index contributed by atoms with van der Waals surface area (Å²) in [6.45, 7) is 1.07. The molecule has 1 aliphatic rings. The minimum absolute atomic E-state index is 0.0139. The zero-order valence-electron chi connectivity index (χ0n) is 11.0. The van der Waals surface area contributed by atoms with Gasteiger partial charge in [0.25, 0.3) is 0 Å². The molecule has 19 heavy (non-hydrogen) atoms. The smallest absolute Gasteiger partial charge is 0.239 e. The summed E-state index contributed by atoms with van der Waals surface area (Å²) in [5.74, 6) is 5.05. The normalized spacial score (nSPS) is 23.2. The lowest BCUT2D eigenvalue weighted by Crippen LogP contribution is -2.38. The van der Waals surface area contributed by atoms with Gasteiger partial charge in [0.05, 0.1) is 12.3 Å². The molecule has 1 aromatic rings. The van der Waals surface area contributed by atoms with Crippen molar-refractivity contribution in [2.75, 3.05) is 37.5 Å². The van der Waals surface area contributed by atoms with Gasteiger partial charge in [-0.15, -0.1) is 0 Å². The second-order valence-electron chi connectivity index (χ2n) is 4.97. The van der Waals surface area contributed by atoms with Crippen LogP contribution in [0.4, 0.5) is 16.2 Å². The maximum atomic E-state index is 13.9. The molecule has 0 radical (unpaired) electrons. The van der Waals surface area contributed by atoms with E-state index < -0.39 is 11.9 Å². The summed E-state index contributed by atoms with van der Waals surface area (Å²) in [5.41, 5.74) is 2.30. The van der Waals surface area contributed by atoms with Crippen LogP contribution in [-0.2, 0) is 0 Å². The molecular weight excluding hydrogens is 251 g/mol. The van der Waals surface area contributed by atoms with E-state index in [0.717, 1.165) is 6.20 Å². The largest absolute Gasteiger partial charge is 0.391 e. The summed E-state index contributed by atoms with van der Waals surface area (Å²) in [6, 6.07) is 0.0139. The Kier molecular flexibility index (Phi) is 4.13. The number of aliphatic hydroxyl groups excluding tert-OH is 1. The number of likely N-dealkylation sites (N-methyl/N-ethyl adjacent to an activating group) is 1. The van der Waals surface area contributed by atoms with Crippen LogP contribution in [-0.4, -0.2) is 59.3 Å².